The molecule has 110 valence electrons. The molecule has 0 aromatic heterocycles. The number of hydrogen-bond donors (Lipinski definition) is 3. The van der Waals surface area contributed by atoms with Crippen LogP contribution in [0.15, 0.2) is 5.16 Å². The number of rotatable bonds is 2. The van der Waals surface area contributed by atoms with Crippen LogP contribution >= 0.6 is 0 Å². The molecule has 1 fully saturated rings. The summed E-state index contributed by atoms with van der Waals surface area (Å²) in [5, 5.41) is 21.6. The van der Waals surface area contributed by atoms with E-state index in [0.717, 1.165) is 0 Å². The lowest BCUT2D eigenvalue weighted by atomic mass is 9.88. The zero-order chi connectivity index (χ0) is 14.7. The normalized spacial score (nSPS) is 20.2. The number of carbonyl (C=O) groups excluding carboxylic acids is 1. The predicted octanol–water partition coefficient (Wildman–Crippen LogP) is 0.885. The summed E-state index contributed by atoms with van der Waals surface area (Å²) in [6, 6.07) is 0. The second-order valence-electron chi connectivity index (χ2n) is 5.96. The molecule has 0 radical (unpaired) electrons. The summed E-state index contributed by atoms with van der Waals surface area (Å²) in [6.07, 6.45) is 0.481. The van der Waals surface area contributed by atoms with Gasteiger partial charge in [0.25, 0.3) is 0 Å². The van der Waals surface area contributed by atoms with Crippen molar-refractivity contribution in [3.8, 4) is 0 Å². The van der Waals surface area contributed by atoms with E-state index in [1.807, 2.05) is 20.8 Å². The Labute approximate surface area is 113 Å². The molecule has 0 aromatic carbocycles. The molecular weight excluding hydrogens is 250 g/mol. The van der Waals surface area contributed by atoms with E-state index >= 15 is 0 Å². The first-order chi connectivity index (χ1) is 8.65. The molecular formula is C12H23N3O4. The highest BCUT2D eigenvalue weighted by atomic mass is 16.6. The molecule has 0 atom stereocenters. The molecule has 0 bridgehead atoms. The third-order valence-electron chi connectivity index (χ3n) is 2.98. The van der Waals surface area contributed by atoms with Gasteiger partial charge < -0.3 is 25.7 Å². The number of piperidine rings is 1. The molecule has 1 aliphatic heterocycles. The Bertz CT molecular complexity index is 354. The van der Waals surface area contributed by atoms with Crippen molar-refractivity contribution in [2.24, 2.45) is 10.9 Å². The van der Waals surface area contributed by atoms with Gasteiger partial charge in [-0.3, -0.25) is 0 Å². The van der Waals surface area contributed by atoms with Gasteiger partial charge in [0, 0.05) is 19.5 Å². The fraction of sp³-hybridized carbons (Fsp3) is 0.833. The Kier molecular flexibility index (Phi) is 4.62. The number of carbonyl (C=O) groups is 1. The Morgan fingerprint density at radius 3 is 2.37 bits per heavy atom. The zero-order valence-electron chi connectivity index (χ0n) is 11.7. The van der Waals surface area contributed by atoms with Crippen LogP contribution in [0.25, 0.3) is 0 Å². The summed E-state index contributed by atoms with van der Waals surface area (Å²) >= 11 is 0. The van der Waals surface area contributed by atoms with E-state index in [4.69, 9.17) is 15.7 Å². The maximum Gasteiger partial charge on any atom is 0.410 e. The van der Waals surface area contributed by atoms with Gasteiger partial charge in [-0.05, 0) is 33.6 Å². The average Bonchev–Trinajstić information content (AvgIpc) is 2.26. The SMILES string of the molecule is CC(C)(C)OC(=O)N1CCC(O)(C/C(N)=N\O)CC1. The molecule has 0 aromatic rings. The summed E-state index contributed by atoms with van der Waals surface area (Å²) in [5.41, 5.74) is 3.85. The first-order valence-corrected chi connectivity index (χ1v) is 6.32. The molecule has 0 unspecified atom stereocenters. The fourth-order valence-electron chi connectivity index (χ4n) is 1.98. The maximum atomic E-state index is 11.8. The first-order valence-electron chi connectivity index (χ1n) is 6.32. The van der Waals surface area contributed by atoms with E-state index in [1.54, 1.807) is 4.90 Å². The molecule has 1 amide bonds. The molecule has 0 aliphatic carbocycles. The summed E-state index contributed by atoms with van der Waals surface area (Å²) in [6.45, 7) is 6.21. The molecule has 7 nitrogen and oxygen atoms in total. The van der Waals surface area contributed by atoms with Gasteiger partial charge in [0.05, 0.1) is 5.60 Å². The summed E-state index contributed by atoms with van der Waals surface area (Å²) < 4.78 is 5.26. The number of nitrogens with zero attached hydrogens (tertiary/aromatic N) is 2. The molecule has 4 N–H and O–H groups in total. The van der Waals surface area contributed by atoms with Gasteiger partial charge in [-0.1, -0.05) is 5.16 Å². The molecule has 0 saturated carbocycles. The summed E-state index contributed by atoms with van der Waals surface area (Å²) in [7, 11) is 0. The number of hydrogen-bond acceptors (Lipinski definition) is 5. The zero-order valence-corrected chi connectivity index (χ0v) is 11.7. The van der Waals surface area contributed by atoms with Gasteiger partial charge in [0.15, 0.2) is 0 Å². The molecule has 1 saturated heterocycles. The van der Waals surface area contributed by atoms with Crippen LogP contribution in [0.3, 0.4) is 0 Å². The van der Waals surface area contributed by atoms with E-state index in [-0.39, 0.29) is 18.3 Å². The van der Waals surface area contributed by atoms with Gasteiger partial charge >= 0.3 is 6.09 Å². The highest BCUT2D eigenvalue weighted by molar-refractivity contribution is 5.80. The quantitative estimate of drug-likeness (QED) is 0.299. The minimum atomic E-state index is -1.02. The highest BCUT2D eigenvalue weighted by Crippen LogP contribution is 2.26. The molecule has 7 heteroatoms. The van der Waals surface area contributed by atoms with Crippen molar-refractivity contribution in [3.05, 3.63) is 0 Å². The van der Waals surface area contributed by atoms with Gasteiger partial charge in [-0.25, -0.2) is 4.79 Å². The van der Waals surface area contributed by atoms with E-state index < -0.39 is 11.2 Å². The number of aliphatic hydroxyl groups is 1. The highest BCUT2D eigenvalue weighted by Gasteiger charge is 2.36. The molecule has 1 aliphatic rings. The van der Waals surface area contributed by atoms with Gasteiger partial charge in [-0.15, -0.1) is 0 Å². The lowest BCUT2D eigenvalue weighted by Gasteiger charge is -2.38. The van der Waals surface area contributed by atoms with E-state index in [0.29, 0.717) is 25.9 Å². The fourth-order valence-corrected chi connectivity index (χ4v) is 1.98. The van der Waals surface area contributed by atoms with Crippen molar-refractivity contribution in [1.82, 2.24) is 4.90 Å². The smallest absolute Gasteiger partial charge is 0.410 e. The first kappa shape index (κ1) is 15.6. The minimum absolute atomic E-state index is 0.00628. The van der Waals surface area contributed by atoms with Crippen molar-refractivity contribution in [3.63, 3.8) is 0 Å². The molecule has 19 heavy (non-hydrogen) atoms. The third-order valence-corrected chi connectivity index (χ3v) is 2.98. The number of nitrogens with two attached hydrogens (primary N) is 1. The maximum absolute atomic E-state index is 11.8. The molecule has 1 heterocycles. The Balaban J connectivity index is 2.51. The second-order valence-corrected chi connectivity index (χ2v) is 5.96. The van der Waals surface area contributed by atoms with Gasteiger partial charge in [0.1, 0.15) is 11.4 Å². The van der Waals surface area contributed by atoms with Crippen LogP contribution < -0.4 is 5.73 Å². The lowest BCUT2D eigenvalue weighted by molar-refractivity contribution is -0.0281. The largest absolute Gasteiger partial charge is 0.444 e. The van der Waals surface area contributed by atoms with Crippen LogP contribution in [0.4, 0.5) is 4.79 Å². The van der Waals surface area contributed by atoms with Gasteiger partial charge in [-0.2, -0.15) is 0 Å². The Morgan fingerprint density at radius 1 is 1.42 bits per heavy atom. The van der Waals surface area contributed by atoms with Crippen LogP contribution in [0.1, 0.15) is 40.0 Å². The van der Waals surface area contributed by atoms with E-state index in [9.17, 15) is 9.90 Å². The monoisotopic (exact) mass is 273 g/mol. The number of amidine groups is 1. The number of likely N-dealkylation sites (tertiary alicyclic amines) is 1. The number of amides is 1. The van der Waals surface area contributed by atoms with Crippen molar-refractivity contribution in [2.45, 2.75) is 51.2 Å². The van der Waals surface area contributed by atoms with Crippen molar-refractivity contribution in [1.29, 1.82) is 0 Å². The third kappa shape index (κ3) is 4.94. The van der Waals surface area contributed by atoms with Crippen LogP contribution in [0, 0.1) is 0 Å². The minimum Gasteiger partial charge on any atom is -0.444 e. The van der Waals surface area contributed by atoms with Gasteiger partial charge in [0.2, 0.25) is 0 Å². The summed E-state index contributed by atoms with van der Waals surface area (Å²) in [5.74, 6) is -0.00628. The van der Waals surface area contributed by atoms with E-state index in [1.165, 1.54) is 0 Å². The van der Waals surface area contributed by atoms with Crippen molar-refractivity contribution in [2.75, 3.05) is 13.1 Å². The summed E-state index contributed by atoms with van der Waals surface area (Å²) in [4.78, 5) is 13.4. The average molecular weight is 273 g/mol. The number of oxime groups is 1. The molecule has 1 rings (SSSR count). The van der Waals surface area contributed by atoms with Crippen molar-refractivity contribution < 1.29 is 19.8 Å². The van der Waals surface area contributed by atoms with Crippen LogP contribution in [0.5, 0.6) is 0 Å². The number of ether oxygens (including phenoxy) is 1. The van der Waals surface area contributed by atoms with Crippen LogP contribution in [-0.4, -0.2) is 51.4 Å². The Hall–Kier alpha value is -1.50. The van der Waals surface area contributed by atoms with Crippen LogP contribution in [0.2, 0.25) is 0 Å². The topological polar surface area (TPSA) is 108 Å². The second kappa shape index (κ2) is 5.64. The standard InChI is InChI=1S/C12H23N3O4/c1-11(2,3)19-10(16)15-6-4-12(17,5-7-15)8-9(13)14-18/h17-18H,4-8H2,1-3H3,(H2,13,14). The predicted molar refractivity (Wildman–Crippen MR) is 70.0 cm³/mol. The van der Waals surface area contributed by atoms with Crippen molar-refractivity contribution >= 4 is 11.9 Å². The lowest BCUT2D eigenvalue weighted by Crippen LogP contribution is -2.49. The van der Waals surface area contributed by atoms with Crippen LogP contribution in [-0.2, 0) is 4.74 Å². The molecule has 0 spiro atoms. The van der Waals surface area contributed by atoms with E-state index in [2.05, 4.69) is 5.16 Å². The Morgan fingerprint density at radius 2 is 1.95 bits per heavy atom.